The van der Waals surface area contributed by atoms with E-state index in [1.54, 1.807) is 0 Å². The standard InChI is InChI=1S/C15H21BrN2O2/c1-15(2,3)12-10-11(16)4-5-13(12)17-6-8-18(9-7-17)14(19)20/h4-5,10H,6-9H2,1-3H3,(H,19,20). The first kappa shape index (κ1) is 15.2. The SMILES string of the molecule is CC(C)(C)c1cc(Br)ccc1N1CCN(C(=O)O)CC1. The zero-order chi connectivity index (χ0) is 14.9. The zero-order valence-electron chi connectivity index (χ0n) is 12.2. The molecular weight excluding hydrogens is 320 g/mol. The first-order valence-corrected chi connectivity index (χ1v) is 7.61. The number of benzene rings is 1. The van der Waals surface area contributed by atoms with Crippen LogP contribution in [-0.2, 0) is 5.41 Å². The summed E-state index contributed by atoms with van der Waals surface area (Å²) in [6, 6.07) is 6.34. The summed E-state index contributed by atoms with van der Waals surface area (Å²) in [5, 5.41) is 9.02. The molecule has 0 aromatic heterocycles. The maximum atomic E-state index is 11.0. The Hall–Kier alpha value is -1.23. The lowest BCUT2D eigenvalue weighted by Gasteiger charge is -2.37. The van der Waals surface area contributed by atoms with E-state index in [-0.39, 0.29) is 5.41 Å². The maximum Gasteiger partial charge on any atom is 0.407 e. The molecule has 0 bridgehead atoms. The second-order valence-corrected chi connectivity index (χ2v) is 7.08. The first-order valence-electron chi connectivity index (χ1n) is 6.82. The Balaban J connectivity index is 2.24. The van der Waals surface area contributed by atoms with Crippen LogP contribution in [-0.4, -0.2) is 42.3 Å². The highest BCUT2D eigenvalue weighted by Crippen LogP contribution is 2.34. The third-order valence-corrected chi connectivity index (χ3v) is 4.15. The fraction of sp³-hybridized carbons (Fsp3) is 0.533. The fourth-order valence-corrected chi connectivity index (χ4v) is 2.88. The van der Waals surface area contributed by atoms with Crippen molar-refractivity contribution in [3.63, 3.8) is 0 Å². The largest absolute Gasteiger partial charge is 0.465 e. The first-order chi connectivity index (χ1) is 9.29. The molecular formula is C15H21BrN2O2. The minimum Gasteiger partial charge on any atom is -0.465 e. The summed E-state index contributed by atoms with van der Waals surface area (Å²) in [6.07, 6.45) is -0.823. The summed E-state index contributed by atoms with van der Waals surface area (Å²) in [4.78, 5) is 14.7. The molecule has 4 nitrogen and oxygen atoms in total. The van der Waals surface area contributed by atoms with Gasteiger partial charge >= 0.3 is 6.09 Å². The molecule has 1 amide bonds. The van der Waals surface area contributed by atoms with Gasteiger partial charge in [0.2, 0.25) is 0 Å². The average Bonchev–Trinajstić information content (AvgIpc) is 2.38. The van der Waals surface area contributed by atoms with E-state index in [1.165, 1.54) is 16.2 Å². The van der Waals surface area contributed by atoms with Crippen molar-refractivity contribution in [2.24, 2.45) is 0 Å². The normalized spacial score (nSPS) is 16.4. The minimum atomic E-state index is -0.823. The van der Waals surface area contributed by atoms with Gasteiger partial charge in [-0.15, -0.1) is 0 Å². The highest BCUT2D eigenvalue weighted by molar-refractivity contribution is 9.10. The molecule has 1 aliphatic heterocycles. The van der Waals surface area contributed by atoms with E-state index < -0.39 is 6.09 Å². The van der Waals surface area contributed by atoms with Gasteiger partial charge in [-0.3, -0.25) is 0 Å². The number of rotatable bonds is 1. The van der Waals surface area contributed by atoms with E-state index in [1.807, 2.05) is 6.07 Å². The summed E-state index contributed by atoms with van der Waals surface area (Å²) in [6.45, 7) is 9.22. The van der Waals surface area contributed by atoms with Crippen LogP contribution in [0.4, 0.5) is 10.5 Å². The fourth-order valence-electron chi connectivity index (χ4n) is 2.52. The van der Waals surface area contributed by atoms with Gasteiger partial charge in [-0.1, -0.05) is 36.7 Å². The van der Waals surface area contributed by atoms with Crippen molar-refractivity contribution in [3.05, 3.63) is 28.2 Å². The molecule has 1 saturated heterocycles. The average molecular weight is 341 g/mol. The molecule has 1 N–H and O–H groups in total. The molecule has 1 aliphatic rings. The number of amides is 1. The van der Waals surface area contributed by atoms with Gasteiger partial charge in [-0.25, -0.2) is 4.79 Å². The Morgan fingerprint density at radius 1 is 1.20 bits per heavy atom. The number of halogens is 1. The molecule has 0 atom stereocenters. The maximum absolute atomic E-state index is 11.0. The number of nitrogens with zero attached hydrogens (tertiary/aromatic N) is 2. The second-order valence-electron chi connectivity index (χ2n) is 6.17. The molecule has 0 radical (unpaired) electrons. The van der Waals surface area contributed by atoms with Gasteiger partial charge in [-0.05, 0) is 29.2 Å². The zero-order valence-corrected chi connectivity index (χ0v) is 13.8. The van der Waals surface area contributed by atoms with Crippen LogP contribution in [0.1, 0.15) is 26.3 Å². The van der Waals surface area contributed by atoms with Gasteiger partial charge in [0.15, 0.2) is 0 Å². The summed E-state index contributed by atoms with van der Waals surface area (Å²) in [5.74, 6) is 0. The van der Waals surface area contributed by atoms with Crippen LogP contribution in [0, 0.1) is 0 Å². The summed E-state index contributed by atoms with van der Waals surface area (Å²) in [7, 11) is 0. The van der Waals surface area contributed by atoms with Gasteiger partial charge in [0.1, 0.15) is 0 Å². The Morgan fingerprint density at radius 3 is 2.30 bits per heavy atom. The van der Waals surface area contributed by atoms with Crippen molar-refractivity contribution in [1.82, 2.24) is 4.90 Å². The summed E-state index contributed by atoms with van der Waals surface area (Å²) < 4.78 is 1.08. The lowest BCUT2D eigenvalue weighted by Crippen LogP contribution is -2.48. The van der Waals surface area contributed by atoms with Crippen molar-refractivity contribution in [1.29, 1.82) is 0 Å². The number of carboxylic acid groups (broad SMARTS) is 1. The molecule has 1 aromatic carbocycles. The lowest BCUT2D eigenvalue weighted by molar-refractivity contribution is 0.142. The number of hydrogen-bond acceptors (Lipinski definition) is 2. The van der Waals surface area contributed by atoms with Crippen molar-refractivity contribution >= 4 is 27.7 Å². The van der Waals surface area contributed by atoms with Crippen molar-refractivity contribution in [3.8, 4) is 0 Å². The highest BCUT2D eigenvalue weighted by atomic mass is 79.9. The highest BCUT2D eigenvalue weighted by Gasteiger charge is 2.25. The lowest BCUT2D eigenvalue weighted by atomic mass is 9.85. The molecule has 0 aliphatic carbocycles. The molecule has 1 fully saturated rings. The van der Waals surface area contributed by atoms with Gasteiger partial charge in [0.05, 0.1) is 0 Å². The van der Waals surface area contributed by atoms with Crippen LogP contribution >= 0.6 is 15.9 Å². The topological polar surface area (TPSA) is 43.8 Å². The van der Waals surface area contributed by atoms with E-state index >= 15 is 0 Å². The van der Waals surface area contributed by atoms with Gasteiger partial charge in [0.25, 0.3) is 0 Å². The molecule has 0 spiro atoms. The van der Waals surface area contributed by atoms with Gasteiger partial charge in [0, 0.05) is 36.3 Å². The predicted molar refractivity (Wildman–Crippen MR) is 84.7 cm³/mol. The third kappa shape index (κ3) is 3.26. The summed E-state index contributed by atoms with van der Waals surface area (Å²) in [5.41, 5.74) is 2.56. The number of piperazine rings is 1. The van der Waals surface area contributed by atoms with Crippen molar-refractivity contribution < 1.29 is 9.90 Å². The molecule has 0 saturated carbocycles. The van der Waals surface area contributed by atoms with E-state index in [9.17, 15) is 4.79 Å². The third-order valence-electron chi connectivity index (χ3n) is 3.66. The number of hydrogen-bond donors (Lipinski definition) is 1. The summed E-state index contributed by atoms with van der Waals surface area (Å²) >= 11 is 3.54. The van der Waals surface area contributed by atoms with Crippen molar-refractivity contribution in [2.45, 2.75) is 26.2 Å². The van der Waals surface area contributed by atoms with E-state index in [2.05, 4.69) is 53.7 Å². The second kappa shape index (κ2) is 5.64. The van der Waals surface area contributed by atoms with Crippen LogP contribution in [0.3, 0.4) is 0 Å². The van der Waals surface area contributed by atoms with Crippen molar-refractivity contribution in [2.75, 3.05) is 31.1 Å². The van der Waals surface area contributed by atoms with Gasteiger partial charge in [-0.2, -0.15) is 0 Å². The van der Waals surface area contributed by atoms with E-state index in [0.717, 1.165) is 17.6 Å². The monoisotopic (exact) mass is 340 g/mol. The molecule has 1 aromatic rings. The van der Waals surface area contributed by atoms with Crippen LogP contribution in [0.2, 0.25) is 0 Å². The number of carbonyl (C=O) groups is 1. The van der Waals surface area contributed by atoms with Crippen LogP contribution in [0.5, 0.6) is 0 Å². The van der Waals surface area contributed by atoms with Gasteiger partial charge < -0.3 is 14.9 Å². The van der Waals surface area contributed by atoms with Crippen LogP contribution in [0.15, 0.2) is 22.7 Å². The minimum absolute atomic E-state index is 0.0586. The molecule has 0 unspecified atom stereocenters. The Kier molecular flexibility index (Phi) is 4.28. The molecule has 1 heterocycles. The predicted octanol–water partition coefficient (Wildman–Crippen LogP) is 3.55. The van der Waals surface area contributed by atoms with E-state index in [0.29, 0.717) is 13.1 Å². The van der Waals surface area contributed by atoms with Crippen LogP contribution in [0.25, 0.3) is 0 Å². The Morgan fingerprint density at radius 2 is 1.80 bits per heavy atom. The smallest absolute Gasteiger partial charge is 0.407 e. The molecule has 2 rings (SSSR count). The molecule has 5 heteroatoms. The van der Waals surface area contributed by atoms with E-state index in [4.69, 9.17) is 5.11 Å². The Bertz CT molecular complexity index is 503. The molecule has 110 valence electrons. The number of anilines is 1. The molecule has 20 heavy (non-hydrogen) atoms. The van der Waals surface area contributed by atoms with Crippen LogP contribution < -0.4 is 4.90 Å². The Labute approximate surface area is 128 Å². The quantitative estimate of drug-likeness (QED) is 0.850.